The molecule has 0 N–H and O–H groups in total. The number of thiocarbonyl (C=S) groups is 1. The summed E-state index contributed by atoms with van der Waals surface area (Å²) in [7, 11) is 1.66. The number of carbonyl (C=O) groups excluding carboxylic acids is 1. The van der Waals surface area contributed by atoms with Gasteiger partial charge in [0.05, 0.1) is 17.7 Å². The number of thioether (sulfide) groups is 1. The van der Waals surface area contributed by atoms with Crippen LogP contribution in [0.4, 0.5) is 5.69 Å². The van der Waals surface area contributed by atoms with E-state index in [0.717, 1.165) is 39.6 Å². The molecule has 0 bridgehead atoms. The van der Waals surface area contributed by atoms with E-state index in [1.54, 1.807) is 12.0 Å². The van der Waals surface area contributed by atoms with Crippen molar-refractivity contribution in [3.63, 3.8) is 0 Å². The number of methoxy groups -OCH3 is 1. The predicted octanol–water partition coefficient (Wildman–Crippen LogP) is 5.82. The molecule has 4 rings (SSSR count). The minimum atomic E-state index is -0.0805. The molecule has 152 valence electrons. The van der Waals surface area contributed by atoms with Gasteiger partial charge in [-0.25, -0.2) is 0 Å². The quantitative estimate of drug-likeness (QED) is 0.383. The third-order valence-electron chi connectivity index (χ3n) is 5.17. The Morgan fingerprint density at radius 3 is 2.23 bits per heavy atom. The maximum atomic E-state index is 13.1. The first-order valence-corrected chi connectivity index (χ1v) is 10.8. The average molecular weight is 435 g/mol. The minimum Gasteiger partial charge on any atom is -0.497 e. The van der Waals surface area contributed by atoms with E-state index in [-0.39, 0.29) is 5.91 Å². The second-order valence-electron chi connectivity index (χ2n) is 7.21. The number of carbonyl (C=O) groups is 1. The Labute approximate surface area is 186 Å². The first-order chi connectivity index (χ1) is 14.4. The molecule has 30 heavy (non-hydrogen) atoms. The van der Waals surface area contributed by atoms with Crippen molar-refractivity contribution < 1.29 is 9.53 Å². The molecule has 2 heterocycles. The van der Waals surface area contributed by atoms with Crippen molar-refractivity contribution in [2.75, 3.05) is 12.0 Å². The van der Waals surface area contributed by atoms with E-state index >= 15 is 0 Å². The number of aryl methyl sites for hydroxylation is 2. The normalized spacial score (nSPS) is 15.3. The summed E-state index contributed by atoms with van der Waals surface area (Å²) in [5, 5.41) is 0. The Morgan fingerprint density at radius 2 is 1.60 bits per heavy atom. The van der Waals surface area contributed by atoms with Gasteiger partial charge in [0.2, 0.25) is 0 Å². The number of aromatic nitrogens is 1. The fourth-order valence-electron chi connectivity index (χ4n) is 3.59. The lowest BCUT2D eigenvalue weighted by atomic mass is 10.2. The Balaban J connectivity index is 1.67. The van der Waals surface area contributed by atoms with Crippen molar-refractivity contribution in [1.29, 1.82) is 0 Å². The van der Waals surface area contributed by atoms with Gasteiger partial charge in [-0.1, -0.05) is 41.7 Å². The highest BCUT2D eigenvalue weighted by Crippen LogP contribution is 2.37. The van der Waals surface area contributed by atoms with Gasteiger partial charge >= 0.3 is 0 Å². The molecule has 0 saturated carbocycles. The smallest absolute Gasteiger partial charge is 0.270 e. The number of hydrogen-bond donors (Lipinski definition) is 0. The molecule has 1 aliphatic heterocycles. The molecule has 0 radical (unpaired) electrons. The lowest BCUT2D eigenvalue weighted by Gasteiger charge is -2.14. The van der Waals surface area contributed by atoms with Gasteiger partial charge < -0.3 is 9.30 Å². The number of benzene rings is 2. The van der Waals surface area contributed by atoms with Gasteiger partial charge in [0.25, 0.3) is 5.91 Å². The topological polar surface area (TPSA) is 34.5 Å². The summed E-state index contributed by atoms with van der Waals surface area (Å²) in [4.78, 5) is 15.3. The monoisotopic (exact) mass is 434 g/mol. The number of nitrogens with zero attached hydrogens (tertiary/aromatic N) is 2. The number of amides is 1. The van der Waals surface area contributed by atoms with Crippen LogP contribution in [0.2, 0.25) is 0 Å². The van der Waals surface area contributed by atoms with Crippen molar-refractivity contribution in [3.05, 3.63) is 82.0 Å². The third-order valence-corrected chi connectivity index (χ3v) is 6.48. The average Bonchev–Trinajstić information content (AvgIpc) is 3.17. The van der Waals surface area contributed by atoms with E-state index in [9.17, 15) is 4.79 Å². The fraction of sp³-hybridized carbons (Fsp3) is 0.167. The van der Waals surface area contributed by atoms with Gasteiger partial charge in [-0.05, 0) is 74.9 Å². The summed E-state index contributed by atoms with van der Waals surface area (Å²) in [6, 6.07) is 17.9. The molecule has 6 heteroatoms. The van der Waals surface area contributed by atoms with E-state index in [0.29, 0.717) is 9.23 Å². The summed E-state index contributed by atoms with van der Waals surface area (Å²) >= 11 is 6.84. The maximum Gasteiger partial charge on any atom is 0.270 e. The number of rotatable bonds is 4. The molecule has 1 saturated heterocycles. The standard InChI is InChI=1S/C24H22N2O2S2/c1-15-5-7-20(8-6-15)26-23(27)22(30-24(26)29)14-18-13-16(2)25(17(18)3)19-9-11-21(28-4)12-10-19/h5-14H,1-4H3/b22-14+. The molecule has 1 fully saturated rings. The van der Waals surface area contributed by atoms with Gasteiger partial charge in [0.1, 0.15) is 5.75 Å². The highest BCUT2D eigenvalue weighted by molar-refractivity contribution is 8.27. The van der Waals surface area contributed by atoms with E-state index in [2.05, 4.69) is 24.5 Å². The lowest BCUT2D eigenvalue weighted by Crippen LogP contribution is -2.27. The first kappa shape index (κ1) is 20.4. The molecule has 0 atom stereocenters. The molecule has 0 aliphatic carbocycles. The molecule has 0 unspecified atom stereocenters. The van der Waals surface area contributed by atoms with Crippen LogP contribution in [0.3, 0.4) is 0 Å². The number of hydrogen-bond acceptors (Lipinski definition) is 4. The summed E-state index contributed by atoms with van der Waals surface area (Å²) in [5.74, 6) is 0.740. The summed E-state index contributed by atoms with van der Waals surface area (Å²) in [6.45, 7) is 6.14. The van der Waals surface area contributed by atoms with Crippen molar-refractivity contribution >= 4 is 46.0 Å². The van der Waals surface area contributed by atoms with Crippen molar-refractivity contribution in [1.82, 2.24) is 4.57 Å². The number of anilines is 1. The van der Waals surface area contributed by atoms with Crippen molar-refractivity contribution in [2.24, 2.45) is 0 Å². The zero-order valence-corrected chi connectivity index (χ0v) is 18.9. The zero-order valence-electron chi connectivity index (χ0n) is 17.3. The SMILES string of the molecule is COc1ccc(-n2c(C)cc(/C=C3/SC(=S)N(c4ccc(C)cc4)C3=O)c2C)cc1. The van der Waals surface area contributed by atoms with Gasteiger partial charge in [0, 0.05) is 17.1 Å². The van der Waals surface area contributed by atoms with Gasteiger partial charge in [-0.2, -0.15) is 0 Å². The van der Waals surface area contributed by atoms with Gasteiger partial charge in [0.15, 0.2) is 4.32 Å². The fourth-order valence-corrected chi connectivity index (χ4v) is 4.88. The Hall–Kier alpha value is -2.83. The van der Waals surface area contributed by atoms with Crippen LogP contribution in [-0.4, -0.2) is 21.9 Å². The van der Waals surface area contributed by atoms with Crippen LogP contribution < -0.4 is 9.64 Å². The summed E-state index contributed by atoms with van der Waals surface area (Å²) in [6.07, 6.45) is 1.94. The van der Waals surface area contributed by atoms with Crippen molar-refractivity contribution in [2.45, 2.75) is 20.8 Å². The van der Waals surface area contributed by atoms with E-state index in [4.69, 9.17) is 17.0 Å². The van der Waals surface area contributed by atoms with E-state index < -0.39 is 0 Å². The molecule has 1 aromatic heterocycles. The Morgan fingerprint density at radius 1 is 0.967 bits per heavy atom. The predicted molar refractivity (Wildman–Crippen MR) is 129 cm³/mol. The molecule has 2 aromatic carbocycles. The highest BCUT2D eigenvalue weighted by atomic mass is 32.2. The first-order valence-electron chi connectivity index (χ1n) is 9.57. The molecule has 1 aliphatic rings. The number of ether oxygens (including phenoxy) is 1. The van der Waals surface area contributed by atoms with Crippen molar-refractivity contribution in [3.8, 4) is 11.4 Å². The van der Waals surface area contributed by atoms with Crippen LogP contribution >= 0.6 is 24.0 Å². The Bertz CT molecular complexity index is 1160. The van der Waals surface area contributed by atoms with Gasteiger partial charge in [-0.3, -0.25) is 9.69 Å². The maximum absolute atomic E-state index is 13.1. The Kier molecular flexibility index (Phi) is 5.54. The lowest BCUT2D eigenvalue weighted by molar-refractivity contribution is -0.113. The zero-order chi connectivity index (χ0) is 21.4. The summed E-state index contributed by atoms with van der Waals surface area (Å²) < 4.78 is 7.99. The molecule has 3 aromatic rings. The minimum absolute atomic E-state index is 0.0805. The highest BCUT2D eigenvalue weighted by Gasteiger charge is 2.33. The van der Waals surface area contributed by atoms with Crippen LogP contribution in [-0.2, 0) is 4.79 Å². The molecule has 4 nitrogen and oxygen atoms in total. The molecular formula is C24H22N2O2S2. The summed E-state index contributed by atoms with van der Waals surface area (Å²) in [5.41, 5.74) is 6.17. The van der Waals surface area contributed by atoms with Crippen LogP contribution in [0.5, 0.6) is 5.75 Å². The second kappa shape index (κ2) is 8.13. The van der Waals surface area contributed by atoms with Crippen LogP contribution in [0.15, 0.2) is 59.5 Å². The van der Waals surface area contributed by atoms with E-state index in [1.807, 2.05) is 61.5 Å². The molecule has 1 amide bonds. The largest absolute Gasteiger partial charge is 0.497 e. The second-order valence-corrected chi connectivity index (χ2v) is 8.89. The van der Waals surface area contributed by atoms with Crippen LogP contribution in [0.25, 0.3) is 11.8 Å². The molecule has 0 spiro atoms. The van der Waals surface area contributed by atoms with Crippen LogP contribution in [0, 0.1) is 20.8 Å². The van der Waals surface area contributed by atoms with Crippen LogP contribution in [0.1, 0.15) is 22.5 Å². The van der Waals surface area contributed by atoms with E-state index in [1.165, 1.54) is 11.8 Å². The third kappa shape index (κ3) is 3.68. The molecular weight excluding hydrogens is 412 g/mol. The van der Waals surface area contributed by atoms with Gasteiger partial charge in [-0.15, -0.1) is 0 Å².